The third kappa shape index (κ3) is 2.60. The first kappa shape index (κ1) is 14.3. The summed E-state index contributed by atoms with van der Waals surface area (Å²) in [5.74, 6) is 0.442. The molecule has 2 atom stereocenters. The second-order valence-electron chi connectivity index (χ2n) is 5.89. The van der Waals surface area contributed by atoms with Gasteiger partial charge in [-0.2, -0.15) is 5.10 Å². The van der Waals surface area contributed by atoms with Crippen LogP contribution in [0.3, 0.4) is 0 Å². The van der Waals surface area contributed by atoms with Gasteiger partial charge in [-0.3, -0.25) is 9.67 Å². The second-order valence-corrected chi connectivity index (χ2v) is 5.89. The molecule has 0 saturated heterocycles. The summed E-state index contributed by atoms with van der Waals surface area (Å²) in [5.41, 5.74) is 5.24. The number of aryl methyl sites for hydroxylation is 2. The van der Waals surface area contributed by atoms with Crippen LogP contribution in [0.25, 0.3) is 0 Å². The minimum absolute atomic E-state index is 0.303. The molecule has 1 aliphatic carbocycles. The van der Waals surface area contributed by atoms with Crippen molar-refractivity contribution in [3.63, 3.8) is 0 Å². The third-order valence-corrected chi connectivity index (χ3v) is 4.67. The molecular formula is C17H24N4. The molecule has 0 fully saturated rings. The van der Waals surface area contributed by atoms with Gasteiger partial charge in [-0.05, 0) is 44.4 Å². The quantitative estimate of drug-likeness (QED) is 0.938. The van der Waals surface area contributed by atoms with Crippen molar-refractivity contribution in [3.8, 4) is 0 Å². The van der Waals surface area contributed by atoms with E-state index >= 15 is 0 Å². The van der Waals surface area contributed by atoms with Crippen LogP contribution in [0.5, 0.6) is 0 Å². The lowest BCUT2D eigenvalue weighted by Gasteiger charge is -2.32. The van der Waals surface area contributed by atoms with Crippen molar-refractivity contribution in [1.29, 1.82) is 0 Å². The average Bonchev–Trinajstić information content (AvgIpc) is 2.84. The molecule has 4 nitrogen and oxygen atoms in total. The molecule has 0 radical (unpaired) electrons. The Balaban J connectivity index is 2.01. The van der Waals surface area contributed by atoms with Gasteiger partial charge in [-0.25, -0.2) is 0 Å². The number of nitrogens with zero attached hydrogens (tertiary/aromatic N) is 3. The zero-order chi connectivity index (χ0) is 14.8. The van der Waals surface area contributed by atoms with Gasteiger partial charge in [0.25, 0.3) is 0 Å². The van der Waals surface area contributed by atoms with Gasteiger partial charge in [0.2, 0.25) is 0 Å². The van der Waals surface area contributed by atoms with E-state index in [0.29, 0.717) is 12.0 Å². The molecule has 21 heavy (non-hydrogen) atoms. The van der Waals surface area contributed by atoms with E-state index in [-0.39, 0.29) is 0 Å². The van der Waals surface area contributed by atoms with Crippen LogP contribution >= 0.6 is 0 Å². The van der Waals surface area contributed by atoms with Crippen molar-refractivity contribution >= 4 is 0 Å². The number of hydrogen-bond acceptors (Lipinski definition) is 3. The van der Waals surface area contributed by atoms with Crippen LogP contribution < -0.4 is 5.32 Å². The predicted molar refractivity (Wildman–Crippen MR) is 84.3 cm³/mol. The van der Waals surface area contributed by atoms with Crippen LogP contribution in [-0.2, 0) is 13.5 Å². The van der Waals surface area contributed by atoms with Crippen molar-refractivity contribution in [2.45, 2.75) is 45.1 Å². The molecule has 1 aliphatic rings. The summed E-state index contributed by atoms with van der Waals surface area (Å²) in [5, 5.41) is 8.10. The van der Waals surface area contributed by atoms with Crippen molar-refractivity contribution in [1.82, 2.24) is 20.1 Å². The Kier molecular flexibility index (Phi) is 4.06. The smallest absolute Gasteiger partial charge is 0.0540 e. The molecule has 0 spiro atoms. The van der Waals surface area contributed by atoms with E-state index in [4.69, 9.17) is 4.98 Å². The lowest BCUT2D eigenvalue weighted by Crippen LogP contribution is -2.30. The number of likely N-dealkylation sites (N-methyl/N-ethyl adjacent to an activating group) is 1. The summed E-state index contributed by atoms with van der Waals surface area (Å²) in [6, 6.07) is 4.59. The van der Waals surface area contributed by atoms with E-state index in [2.05, 4.69) is 36.4 Å². The molecule has 0 aliphatic heterocycles. The Hall–Kier alpha value is -1.68. The molecule has 0 bridgehead atoms. The average molecular weight is 284 g/mol. The van der Waals surface area contributed by atoms with Crippen LogP contribution in [-0.4, -0.2) is 21.3 Å². The van der Waals surface area contributed by atoms with E-state index in [1.165, 1.54) is 35.4 Å². The highest BCUT2D eigenvalue weighted by Crippen LogP contribution is 2.39. The maximum absolute atomic E-state index is 4.70. The molecule has 4 heteroatoms. The first-order valence-corrected chi connectivity index (χ1v) is 7.88. The third-order valence-electron chi connectivity index (χ3n) is 4.67. The molecular weight excluding hydrogens is 260 g/mol. The fourth-order valence-electron chi connectivity index (χ4n) is 3.48. The number of aromatic nitrogens is 3. The standard InChI is InChI=1S/C17H24N4/c1-4-18-17(15-11-20-21(3)12(15)2)14-9-5-7-13-8-6-10-19-16(13)14/h6,8,10-11,14,17-18H,4-5,7,9H2,1-3H3. The monoisotopic (exact) mass is 284 g/mol. The van der Waals surface area contributed by atoms with Crippen molar-refractivity contribution < 1.29 is 0 Å². The van der Waals surface area contributed by atoms with Crippen LogP contribution in [0.2, 0.25) is 0 Å². The van der Waals surface area contributed by atoms with E-state index in [9.17, 15) is 0 Å². The first-order chi connectivity index (χ1) is 10.2. The summed E-state index contributed by atoms with van der Waals surface area (Å²) in [7, 11) is 2.01. The fourth-order valence-corrected chi connectivity index (χ4v) is 3.48. The van der Waals surface area contributed by atoms with Crippen molar-refractivity contribution in [2.75, 3.05) is 6.54 Å². The Morgan fingerprint density at radius 2 is 2.33 bits per heavy atom. The molecule has 0 saturated carbocycles. The lowest BCUT2D eigenvalue weighted by atomic mass is 9.79. The summed E-state index contributed by atoms with van der Waals surface area (Å²) >= 11 is 0. The summed E-state index contributed by atoms with van der Waals surface area (Å²) in [6.07, 6.45) is 7.53. The van der Waals surface area contributed by atoms with E-state index in [1.807, 2.05) is 24.1 Å². The van der Waals surface area contributed by atoms with Crippen LogP contribution in [0.15, 0.2) is 24.5 Å². The number of hydrogen-bond donors (Lipinski definition) is 1. The zero-order valence-electron chi connectivity index (χ0n) is 13.1. The highest BCUT2D eigenvalue weighted by atomic mass is 15.3. The maximum Gasteiger partial charge on any atom is 0.0540 e. The van der Waals surface area contributed by atoms with Gasteiger partial charge in [0.05, 0.1) is 6.20 Å². The van der Waals surface area contributed by atoms with Gasteiger partial charge in [0.15, 0.2) is 0 Å². The summed E-state index contributed by atoms with van der Waals surface area (Å²) in [6.45, 7) is 5.27. The Bertz CT molecular complexity index is 617. The second kappa shape index (κ2) is 5.98. The van der Waals surface area contributed by atoms with Crippen molar-refractivity contribution in [3.05, 3.63) is 47.0 Å². The largest absolute Gasteiger partial charge is 0.310 e. The number of nitrogens with one attached hydrogen (secondary N) is 1. The highest BCUT2D eigenvalue weighted by molar-refractivity contribution is 5.32. The van der Waals surface area contributed by atoms with Crippen LogP contribution in [0.4, 0.5) is 0 Å². The summed E-state index contributed by atoms with van der Waals surface area (Å²) in [4.78, 5) is 4.70. The number of rotatable bonds is 4. The van der Waals surface area contributed by atoms with Gasteiger partial charge in [-0.1, -0.05) is 13.0 Å². The molecule has 0 amide bonds. The van der Waals surface area contributed by atoms with Gasteiger partial charge in [0, 0.05) is 42.2 Å². The van der Waals surface area contributed by atoms with Gasteiger partial charge in [0.1, 0.15) is 0 Å². The zero-order valence-corrected chi connectivity index (χ0v) is 13.1. The molecule has 112 valence electrons. The Labute approximate surface area is 126 Å². The van der Waals surface area contributed by atoms with E-state index in [0.717, 1.165) is 13.0 Å². The highest BCUT2D eigenvalue weighted by Gasteiger charge is 2.31. The Morgan fingerprint density at radius 3 is 3.05 bits per heavy atom. The fraction of sp³-hybridized carbons (Fsp3) is 0.529. The lowest BCUT2D eigenvalue weighted by molar-refractivity contribution is 0.399. The molecule has 2 heterocycles. The molecule has 1 N–H and O–H groups in total. The maximum atomic E-state index is 4.70. The van der Waals surface area contributed by atoms with Gasteiger partial charge in [-0.15, -0.1) is 0 Å². The summed E-state index contributed by atoms with van der Waals surface area (Å²) < 4.78 is 1.96. The molecule has 2 unspecified atom stereocenters. The number of pyridine rings is 1. The minimum atomic E-state index is 0.303. The van der Waals surface area contributed by atoms with Crippen LogP contribution in [0.1, 0.15) is 54.2 Å². The van der Waals surface area contributed by atoms with Gasteiger partial charge < -0.3 is 5.32 Å². The number of fused-ring (bicyclic) bond motifs is 1. The minimum Gasteiger partial charge on any atom is -0.310 e. The SMILES string of the molecule is CCNC(c1cnn(C)c1C)C1CCCc2cccnc21. The molecule has 0 aromatic carbocycles. The van der Waals surface area contributed by atoms with Crippen LogP contribution in [0, 0.1) is 6.92 Å². The Morgan fingerprint density at radius 1 is 1.48 bits per heavy atom. The predicted octanol–water partition coefficient (Wildman–Crippen LogP) is 2.89. The molecule has 2 aromatic rings. The molecule has 2 aromatic heterocycles. The molecule has 3 rings (SSSR count). The van der Waals surface area contributed by atoms with E-state index < -0.39 is 0 Å². The van der Waals surface area contributed by atoms with Gasteiger partial charge >= 0.3 is 0 Å². The first-order valence-electron chi connectivity index (χ1n) is 7.88. The topological polar surface area (TPSA) is 42.7 Å². The van der Waals surface area contributed by atoms with Crippen molar-refractivity contribution in [2.24, 2.45) is 7.05 Å². The normalized spacial score (nSPS) is 19.3. The van der Waals surface area contributed by atoms with E-state index in [1.54, 1.807) is 0 Å².